The van der Waals surface area contributed by atoms with Gasteiger partial charge >= 0.3 is 21.1 Å². The van der Waals surface area contributed by atoms with Gasteiger partial charge < -0.3 is 9.97 Å². The third-order valence-corrected chi connectivity index (χ3v) is 4.54. The molecule has 148 valence electrons. The van der Waals surface area contributed by atoms with Gasteiger partial charge in [-0.05, 0) is 37.7 Å². The first-order valence-corrected chi connectivity index (χ1v) is 8.63. The van der Waals surface area contributed by atoms with Crippen LogP contribution in [0.3, 0.4) is 0 Å². The first-order chi connectivity index (χ1) is 13.8. The molecular formula is C22H16F2N4Pt. The standard InChI is InChI=1S/C22H16F2N4.Pt/c1-22(2,19-10-4-7-17(27-19)16-8-5-13-25-16)18-9-3-6-15(26-18)14-11-12-20(23)28-21(14)24;/h3-10,12-13H,1-2H3;/q-2;+2/i5D;. The van der Waals surface area contributed by atoms with Crippen LogP contribution in [0.2, 0.25) is 0 Å². The molecule has 0 bridgehead atoms. The molecule has 7 heteroatoms. The predicted octanol–water partition coefficient (Wildman–Crippen LogP) is 4.56. The fourth-order valence-corrected chi connectivity index (χ4v) is 2.93. The fraction of sp³-hybridized carbons (Fsp3) is 0.136. The van der Waals surface area contributed by atoms with Gasteiger partial charge in [0, 0.05) is 16.8 Å². The number of rotatable bonds is 4. The second kappa shape index (κ2) is 8.34. The predicted molar refractivity (Wildman–Crippen MR) is 101 cm³/mol. The average Bonchev–Trinajstić information content (AvgIpc) is 3.14. The monoisotopic (exact) mass is 570 g/mol. The van der Waals surface area contributed by atoms with Crippen molar-refractivity contribution < 1.29 is 31.2 Å². The Bertz CT molecular complexity index is 1190. The number of aromatic nitrogens is 4. The van der Waals surface area contributed by atoms with E-state index in [4.69, 9.17) is 6.35 Å². The molecule has 0 fully saturated rings. The number of nitrogens with zero attached hydrogens (tertiary/aromatic N) is 4. The molecule has 0 amide bonds. The molecule has 4 rings (SSSR count). The van der Waals surface area contributed by atoms with Gasteiger partial charge in [-0.25, -0.2) is 8.78 Å². The van der Waals surface area contributed by atoms with Crippen LogP contribution in [-0.2, 0) is 26.5 Å². The van der Waals surface area contributed by atoms with E-state index in [1.54, 1.807) is 18.2 Å². The summed E-state index contributed by atoms with van der Waals surface area (Å²) >= 11 is 0. The third-order valence-electron chi connectivity index (χ3n) is 4.54. The van der Waals surface area contributed by atoms with Gasteiger partial charge in [0.2, 0.25) is 0 Å². The Hall–Kier alpha value is -2.72. The molecular weight excluding hydrogens is 553 g/mol. The molecule has 0 N–H and O–H groups in total. The first-order valence-electron chi connectivity index (χ1n) is 9.13. The van der Waals surface area contributed by atoms with E-state index in [-0.39, 0.29) is 26.6 Å². The molecule has 0 aliphatic carbocycles. The Balaban J connectivity index is 0.00000256. The van der Waals surface area contributed by atoms with Crippen LogP contribution in [0.5, 0.6) is 0 Å². The van der Waals surface area contributed by atoms with Crippen molar-refractivity contribution in [2.45, 2.75) is 19.3 Å². The van der Waals surface area contributed by atoms with Gasteiger partial charge in [0.1, 0.15) is 11.9 Å². The molecule has 4 nitrogen and oxygen atoms in total. The van der Waals surface area contributed by atoms with E-state index < -0.39 is 17.3 Å². The molecule has 0 aromatic carbocycles. The van der Waals surface area contributed by atoms with Gasteiger partial charge in [0.05, 0.1) is 7.06 Å². The van der Waals surface area contributed by atoms with Crippen LogP contribution >= 0.6 is 0 Å². The molecule has 0 atom stereocenters. The number of halogens is 2. The van der Waals surface area contributed by atoms with E-state index in [0.717, 1.165) is 11.8 Å². The summed E-state index contributed by atoms with van der Waals surface area (Å²) in [5.74, 6) is -1.89. The Labute approximate surface area is 183 Å². The zero-order chi connectivity index (χ0) is 20.6. The summed E-state index contributed by atoms with van der Waals surface area (Å²) in [6.45, 7) is 3.92. The Morgan fingerprint density at radius 2 is 1.62 bits per heavy atom. The normalized spacial score (nSPS) is 11.7. The number of pyridine rings is 3. The molecule has 0 aliphatic rings. The summed E-state index contributed by atoms with van der Waals surface area (Å²) in [6.07, 6.45) is 1.47. The fourth-order valence-electron chi connectivity index (χ4n) is 2.93. The second-order valence-electron chi connectivity index (χ2n) is 6.78. The largest absolute Gasteiger partial charge is 2.00 e. The SMILES string of the molecule is [2H]c1c[n-]c(-c2cccc(C(C)(C)c3cccc(-c4[c-]cc(F)nc4F)n3)n2)c1.[Pt+2]. The Kier molecular flexibility index (Phi) is 5.63. The Morgan fingerprint density at radius 1 is 0.966 bits per heavy atom. The van der Waals surface area contributed by atoms with Crippen molar-refractivity contribution in [1.82, 2.24) is 19.9 Å². The molecule has 4 heterocycles. The molecule has 0 unspecified atom stereocenters. The Morgan fingerprint density at radius 3 is 2.24 bits per heavy atom. The van der Waals surface area contributed by atoms with E-state index >= 15 is 0 Å². The average molecular weight is 570 g/mol. The molecule has 0 saturated heterocycles. The van der Waals surface area contributed by atoms with Crippen molar-refractivity contribution >= 4 is 0 Å². The molecule has 0 radical (unpaired) electrons. The van der Waals surface area contributed by atoms with Gasteiger partial charge in [-0.2, -0.15) is 6.20 Å². The summed E-state index contributed by atoms with van der Waals surface area (Å²) < 4.78 is 34.8. The van der Waals surface area contributed by atoms with E-state index in [9.17, 15) is 8.78 Å². The molecule has 0 spiro atoms. The minimum absolute atomic E-state index is 0. The van der Waals surface area contributed by atoms with Crippen LogP contribution in [-0.4, -0.2) is 15.0 Å². The summed E-state index contributed by atoms with van der Waals surface area (Å²) in [6, 6.07) is 16.3. The third kappa shape index (κ3) is 4.18. The maximum absolute atomic E-state index is 14.1. The second-order valence-corrected chi connectivity index (χ2v) is 6.78. The van der Waals surface area contributed by atoms with Crippen molar-refractivity contribution in [3.05, 3.63) is 90.1 Å². The van der Waals surface area contributed by atoms with Crippen LogP contribution in [0.25, 0.3) is 22.6 Å². The van der Waals surface area contributed by atoms with E-state index in [1.807, 2.05) is 38.1 Å². The maximum Gasteiger partial charge on any atom is 2.00 e. The zero-order valence-electron chi connectivity index (χ0n) is 16.6. The van der Waals surface area contributed by atoms with Gasteiger partial charge in [0.25, 0.3) is 0 Å². The first kappa shape index (κ1) is 19.6. The summed E-state index contributed by atoms with van der Waals surface area (Å²) in [7, 11) is 0. The van der Waals surface area contributed by atoms with E-state index in [1.165, 1.54) is 6.20 Å². The van der Waals surface area contributed by atoms with E-state index in [0.29, 0.717) is 28.8 Å². The molecule has 4 aromatic rings. The zero-order valence-corrected chi connectivity index (χ0v) is 17.8. The van der Waals surface area contributed by atoms with Crippen molar-refractivity contribution in [3.63, 3.8) is 0 Å². The maximum atomic E-state index is 14.1. The topological polar surface area (TPSA) is 52.8 Å². The van der Waals surface area contributed by atoms with Crippen LogP contribution in [0, 0.1) is 18.0 Å². The van der Waals surface area contributed by atoms with Gasteiger partial charge in [-0.15, -0.1) is 11.8 Å². The minimum Gasteiger partial charge on any atom is -0.662 e. The van der Waals surface area contributed by atoms with Crippen LogP contribution in [0.15, 0.2) is 60.8 Å². The smallest absolute Gasteiger partial charge is 0.662 e. The van der Waals surface area contributed by atoms with Crippen molar-refractivity contribution in [2.24, 2.45) is 0 Å². The van der Waals surface area contributed by atoms with E-state index in [2.05, 4.69) is 21.0 Å². The number of hydrogen-bond acceptors (Lipinski definition) is 3. The van der Waals surface area contributed by atoms with Crippen molar-refractivity contribution in [1.29, 1.82) is 0 Å². The molecule has 0 aliphatic heterocycles. The molecule has 0 saturated carbocycles. The van der Waals surface area contributed by atoms with Gasteiger partial charge in [-0.3, -0.25) is 9.97 Å². The molecule has 29 heavy (non-hydrogen) atoms. The van der Waals surface area contributed by atoms with Crippen LogP contribution in [0.1, 0.15) is 26.6 Å². The van der Waals surface area contributed by atoms with Crippen molar-refractivity contribution in [2.75, 3.05) is 0 Å². The van der Waals surface area contributed by atoms with Gasteiger partial charge in [0.15, 0.2) is 0 Å². The summed E-state index contributed by atoms with van der Waals surface area (Å²) in [4.78, 5) is 16.7. The van der Waals surface area contributed by atoms with Gasteiger partial charge in [-0.1, -0.05) is 41.9 Å². The van der Waals surface area contributed by atoms with Crippen LogP contribution < -0.4 is 4.98 Å². The minimum atomic E-state index is -0.957. The van der Waals surface area contributed by atoms with Crippen LogP contribution in [0.4, 0.5) is 8.78 Å². The summed E-state index contributed by atoms with van der Waals surface area (Å²) in [5, 5.41) is 0. The van der Waals surface area contributed by atoms with Crippen molar-refractivity contribution in [3.8, 4) is 22.6 Å². The molecule has 4 aromatic heterocycles. The number of hydrogen-bond donors (Lipinski definition) is 0. The summed E-state index contributed by atoms with van der Waals surface area (Å²) in [5.41, 5.74) is 2.41. The quantitative estimate of drug-likeness (QED) is 0.267.